The van der Waals surface area contributed by atoms with Gasteiger partial charge in [-0.2, -0.15) is 0 Å². The number of para-hydroxylation sites is 1. The van der Waals surface area contributed by atoms with E-state index in [0.717, 1.165) is 37.2 Å². The quantitative estimate of drug-likeness (QED) is 0.461. The summed E-state index contributed by atoms with van der Waals surface area (Å²) >= 11 is 0. The van der Waals surface area contributed by atoms with Gasteiger partial charge >= 0.3 is 5.97 Å². The smallest absolute Gasteiger partial charge is 0.306 e. The Morgan fingerprint density at radius 3 is 2.37 bits per heavy atom. The second-order valence-corrected chi connectivity index (χ2v) is 10.1. The number of likely N-dealkylation sites (tertiary alicyclic amines) is 1. The fourth-order valence-electron chi connectivity index (χ4n) is 6.78. The van der Waals surface area contributed by atoms with E-state index in [2.05, 4.69) is 48.2 Å². The Bertz CT molecular complexity index is 1290. The van der Waals surface area contributed by atoms with Gasteiger partial charge in [0.1, 0.15) is 0 Å². The molecule has 0 radical (unpaired) electrons. The number of rotatable bonds is 5. The first-order valence-corrected chi connectivity index (χ1v) is 12.9. The molecule has 2 aliphatic heterocycles. The van der Waals surface area contributed by atoms with Crippen molar-refractivity contribution in [2.75, 3.05) is 24.6 Å². The Morgan fingerprint density at radius 1 is 0.943 bits per heavy atom. The summed E-state index contributed by atoms with van der Waals surface area (Å²) in [6.45, 7) is 6.40. The molecule has 0 aromatic heterocycles. The third kappa shape index (κ3) is 3.56. The van der Waals surface area contributed by atoms with Gasteiger partial charge in [-0.1, -0.05) is 61.5 Å². The van der Waals surface area contributed by atoms with Crippen molar-refractivity contribution in [3.8, 4) is 0 Å². The lowest BCUT2D eigenvalue weighted by Crippen LogP contribution is -2.48. The number of fused-ring (bicyclic) bond motifs is 1. The van der Waals surface area contributed by atoms with Crippen molar-refractivity contribution in [1.29, 1.82) is 0 Å². The molecule has 3 aromatic rings. The van der Waals surface area contributed by atoms with Crippen molar-refractivity contribution in [3.63, 3.8) is 0 Å². The molecule has 6 rings (SSSR count). The molecular formula is C30H32N2O3. The van der Waals surface area contributed by atoms with Crippen LogP contribution in [-0.2, 0) is 14.3 Å². The van der Waals surface area contributed by atoms with Crippen molar-refractivity contribution in [2.45, 2.75) is 57.0 Å². The highest BCUT2D eigenvalue weighted by atomic mass is 16.5. The van der Waals surface area contributed by atoms with Crippen molar-refractivity contribution in [1.82, 2.24) is 4.90 Å². The third-order valence-electron chi connectivity index (χ3n) is 8.29. The zero-order chi connectivity index (χ0) is 24.1. The number of carbonyl (C=O) groups is 2. The zero-order valence-electron chi connectivity index (χ0n) is 20.4. The second kappa shape index (κ2) is 8.80. The van der Waals surface area contributed by atoms with E-state index in [1.165, 1.54) is 21.9 Å². The summed E-state index contributed by atoms with van der Waals surface area (Å²) in [6, 6.07) is 21.9. The van der Waals surface area contributed by atoms with Gasteiger partial charge in [0.25, 0.3) is 0 Å². The minimum atomic E-state index is -0.440. The predicted molar refractivity (Wildman–Crippen MR) is 138 cm³/mol. The molecule has 1 aliphatic carbocycles. The van der Waals surface area contributed by atoms with Crippen LogP contribution in [0.25, 0.3) is 10.8 Å². The maximum atomic E-state index is 13.6. The zero-order valence-corrected chi connectivity index (χ0v) is 20.4. The van der Waals surface area contributed by atoms with Crippen molar-refractivity contribution in [2.24, 2.45) is 0 Å². The van der Waals surface area contributed by atoms with Crippen molar-refractivity contribution >= 4 is 28.3 Å². The van der Waals surface area contributed by atoms with Crippen LogP contribution in [0.5, 0.6) is 0 Å². The number of hydrogen-bond donors (Lipinski definition) is 0. The molecule has 3 atom stereocenters. The summed E-state index contributed by atoms with van der Waals surface area (Å²) in [5.74, 6) is -0.244. The molecule has 5 nitrogen and oxygen atoms in total. The van der Waals surface area contributed by atoms with Crippen LogP contribution in [0, 0.1) is 0 Å². The highest BCUT2D eigenvalue weighted by molar-refractivity contribution is 6.07. The van der Waals surface area contributed by atoms with Gasteiger partial charge < -0.3 is 9.64 Å². The first-order valence-electron chi connectivity index (χ1n) is 12.9. The molecule has 1 unspecified atom stereocenters. The Hall–Kier alpha value is -3.18. The van der Waals surface area contributed by atoms with Gasteiger partial charge in [-0.25, -0.2) is 0 Å². The minimum absolute atomic E-state index is 0.0455. The maximum absolute atomic E-state index is 13.6. The molecule has 0 spiro atoms. The van der Waals surface area contributed by atoms with E-state index >= 15 is 0 Å². The van der Waals surface area contributed by atoms with Crippen LogP contribution in [0.2, 0.25) is 0 Å². The molecule has 1 fully saturated rings. The normalized spacial score (nSPS) is 24.2. The highest BCUT2D eigenvalue weighted by Gasteiger charge is 2.44. The fraction of sp³-hybridized carbons (Fsp3) is 0.400. The first-order chi connectivity index (χ1) is 17.1. The Balaban J connectivity index is 1.21. The van der Waals surface area contributed by atoms with Crippen LogP contribution in [0.15, 0.2) is 60.7 Å². The summed E-state index contributed by atoms with van der Waals surface area (Å²) in [5.41, 5.74) is 4.83. The lowest BCUT2D eigenvalue weighted by atomic mass is 9.93. The molecule has 0 saturated carbocycles. The monoisotopic (exact) mass is 468 g/mol. The second-order valence-electron chi connectivity index (χ2n) is 10.1. The Labute approximate surface area is 206 Å². The van der Waals surface area contributed by atoms with Crippen LogP contribution in [0.4, 0.5) is 5.69 Å². The molecule has 3 aromatic carbocycles. The molecule has 180 valence electrons. The Kier molecular flexibility index (Phi) is 5.60. The van der Waals surface area contributed by atoms with E-state index < -0.39 is 5.92 Å². The van der Waals surface area contributed by atoms with Gasteiger partial charge in [-0.15, -0.1) is 0 Å². The van der Waals surface area contributed by atoms with Crippen LogP contribution >= 0.6 is 0 Å². The number of anilines is 1. The molecule has 0 bridgehead atoms. The lowest BCUT2D eigenvalue weighted by molar-refractivity contribution is -0.144. The number of nitrogens with zero attached hydrogens (tertiary/aromatic N) is 2. The molecule has 0 N–H and O–H groups in total. The standard InChI is InChI=1S/C30H32N2O3/c1-3-35-27(33)18-25-23-10-4-5-13-26(23)32(30(25)34)21-14-16-31(17-15-21)29-19(2)22-11-6-8-20-9-7-12-24(29)28(20)22/h4-13,19,21,25,29H,3,14-18H2,1-2H3/t19-,25?,29-/m1/s1. The van der Waals surface area contributed by atoms with Crippen LogP contribution < -0.4 is 4.90 Å². The van der Waals surface area contributed by atoms with E-state index in [0.29, 0.717) is 18.6 Å². The van der Waals surface area contributed by atoms with Crippen LogP contribution in [-0.4, -0.2) is 42.5 Å². The van der Waals surface area contributed by atoms with Gasteiger partial charge in [0.05, 0.1) is 18.9 Å². The SMILES string of the molecule is CCOC(=O)CC1C(=O)N(C2CCN([C@H]3c4cccc5cccc(c45)[C@H]3C)CC2)c2ccccc21. The molecule has 2 heterocycles. The predicted octanol–water partition coefficient (Wildman–Crippen LogP) is 5.55. The summed E-state index contributed by atoms with van der Waals surface area (Å²) in [7, 11) is 0. The highest BCUT2D eigenvalue weighted by Crippen LogP contribution is 2.49. The number of esters is 1. The lowest BCUT2D eigenvalue weighted by Gasteiger charge is -2.41. The molecule has 35 heavy (non-hydrogen) atoms. The summed E-state index contributed by atoms with van der Waals surface area (Å²) in [6.07, 6.45) is 1.98. The average molecular weight is 469 g/mol. The van der Waals surface area contributed by atoms with Gasteiger partial charge in [-0.3, -0.25) is 14.5 Å². The molecule has 1 saturated heterocycles. The molecule has 5 heteroatoms. The number of piperidine rings is 1. The minimum Gasteiger partial charge on any atom is -0.466 e. The van der Waals surface area contributed by atoms with E-state index in [-0.39, 0.29) is 24.3 Å². The van der Waals surface area contributed by atoms with Gasteiger partial charge in [0.2, 0.25) is 5.91 Å². The number of carbonyl (C=O) groups excluding carboxylic acids is 2. The fourth-order valence-corrected chi connectivity index (χ4v) is 6.78. The van der Waals surface area contributed by atoms with E-state index in [9.17, 15) is 9.59 Å². The van der Waals surface area contributed by atoms with Gasteiger partial charge in [-0.05, 0) is 53.3 Å². The number of ether oxygens (including phenoxy) is 1. The number of hydrogen-bond acceptors (Lipinski definition) is 4. The van der Waals surface area contributed by atoms with Crippen LogP contribution in [0.3, 0.4) is 0 Å². The van der Waals surface area contributed by atoms with Crippen molar-refractivity contribution < 1.29 is 14.3 Å². The molecule has 3 aliphatic rings. The number of benzene rings is 3. The topological polar surface area (TPSA) is 49.9 Å². The largest absolute Gasteiger partial charge is 0.466 e. The summed E-state index contributed by atoms with van der Waals surface area (Å²) < 4.78 is 5.16. The van der Waals surface area contributed by atoms with Gasteiger partial charge in [0.15, 0.2) is 0 Å². The van der Waals surface area contributed by atoms with E-state index in [1.54, 1.807) is 6.92 Å². The molecular weight excluding hydrogens is 436 g/mol. The number of amides is 1. The van der Waals surface area contributed by atoms with E-state index in [1.807, 2.05) is 29.2 Å². The van der Waals surface area contributed by atoms with Crippen molar-refractivity contribution in [3.05, 3.63) is 77.4 Å². The average Bonchev–Trinajstić information content (AvgIpc) is 3.32. The summed E-state index contributed by atoms with van der Waals surface area (Å²) in [4.78, 5) is 30.4. The van der Waals surface area contributed by atoms with E-state index in [4.69, 9.17) is 4.74 Å². The Morgan fingerprint density at radius 2 is 1.63 bits per heavy atom. The first kappa shape index (κ1) is 22.3. The third-order valence-corrected chi connectivity index (χ3v) is 8.29. The maximum Gasteiger partial charge on any atom is 0.306 e. The van der Waals surface area contributed by atoms with Crippen LogP contribution in [0.1, 0.15) is 67.7 Å². The van der Waals surface area contributed by atoms with Gasteiger partial charge in [0, 0.05) is 36.8 Å². The molecule has 1 amide bonds. The summed E-state index contributed by atoms with van der Waals surface area (Å²) in [5, 5.41) is 2.76.